The minimum absolute atomic E-state index is 0.259. The summed E-state index contributed by atoms with van der Waals surface area (Å²) in [6.07, 6.45) is 0. The lowest BCUT2D eigenvalue weighted by molar-refractivity contribution is -0.127. The van der Waals surface area contributed by atoms with Crippen LogP contribution < -0.4 is 5.32 Å². The Balaban J connectivity index is 1.42. The summed E-state index contributed by atoms with van der Waals surface area (Å²) in [6.45, 7) is 2.23. The van der Waals surface area contributed by atoms with Gasteiger partial charge in [0.25, 0.3) is 0 Å². The predicted octanol–water partition coefficient (Wildman–Crippen LogP) is 4.88. The molecule has 3 atom stereocenters. The Morgan fingerprint density at radius 3 is 2.00 bits per heavy atom. The topological polar surface area (TPSA) is 72.9 Å². The van der Waals surface area contributed by atoms with Crippen LogP contribution in [0, 0.1) is 0 Å². The maximum absolute atomic E-state index is 13.8. The molecular weight excluding hydrogens is 462 g/mol. The molecule has 0 aromatic heterocycles. The number of benzene rings is 4. The van der Waals surface area contributed by atoms with Crippen molar-refractivity contribution in [2.24, 2.45) is 0 Å². The number of aliphatic hydroxyl groups is 1. The highest BCUT2D eigenvalue weighted by Gasteiger charge is 2.49. The molecule has 0 aliphatic carbocycles. The third-order valence-electron chi connectivity index (χ3n) is 7.07. The Hall–Kier alpha value is -4.16. The number of nitrogens with zero attached hydrogens (tertiary/aromatic N) is 2. The largest absolute Gasteiger partial charge is 0.394 e. The molecule has 0 radical (unpaired) electrons. The minimum Gasteiger partial charge on any atom is -0.394 e. The van der Waals surface area contributed by atoms with Gasteiger partial charge in [0.15, 0.2) is 0 Å². The Bertz CT molecular complexity index is 1380. The van der Waals surface area contributed by atoms with Gasteiger partial charge in [0.1, 0.15) is 6.04 Å². The van der Waals surface area contributed by atoms with Gasteiger partial charge in [-0.05, 0) is 40.5 Å². The van der Waals surface area contributed by atoms with Gasteiger partial charge < -0.3 is 20.2 Å². The van der Waals surface area contributed by atoms with Gasteiger partial charge in [-0.3, -0.25) is 4.79 Å². The molecule has 2 N–H and O–H groups in total. The molecule has 4 aromatic rings. The van der Waals surface area contributed by atoms with Crippen LogP contribution in [0.5, 0.6) is 0 Å². The zero-order chi connectivity index (χ0) is 25.8. The molecule has 37 heavy (non-hydrogen) atoms. The molecule has 3 amide bonds. The zero-order valence-corrected chi connectivity index (χ0v) is 20.8. The van der Waals surface area contributed by atoms with Crippen LogP contribution in [-0.4, -0.2) is 45.5 Å². The predicted molar refractivity (Wildman–Crippen MR) is 145 cm³/mol. The van der Waals surface area contributed by atoms with E-state index in [0.29, 0.717) is 6.54 Å². The van der Waals surface area contributed by atoms with Crippen LogP contribution in [0.25, 0.3) is 10.8 Å². The normalized spacial score (nSPS) is 18.3. The number of rotatable bonds is 8. The van der Waals surface area contributed by atoms with Gasteiger partial charge in [-0.1, -0.05) is 97.1 Å². The fourth-order valence-electron chi connectivity index (χ4n) is 5.09. The van der Waals surface area contributed by atoms with E-state index >= 15 is 0 Å². The van der Waals surface area contributed by atoms with Crippen LogP contribution in [0.2, 0.25) is 0 Å². The number of carbonyl (C=O) groups excluding carboxylic acids is 2. The first kappa shape index (κ1) is 24.5. The molecule has 4 aromatic carbocycles. The van der Waals surface area contributed by atoms with Crippen molar-refractivity contribution in [3.05, 3.63) is 120 Å². The second-order valence-electron chi connectivity index (χ2n) is 9.54. The maximum atomic E-state index is 13.8. The zero-order valence-electron chi connectivity index (χ0n) is 20.8. The molecule has 5 rings (SSSR count). The number of aliphatic hydroxyl groups excluding tert-OH is 1. The van der Waals surface area contributed by atoms with Crippen molar-refractivity contribution in [3.63, 3.8) is 0 Å². The summed E-state index contributed by atoms with van der Waals surface area (Å²) >= 11 is 0. The monoisotopic (exact) mass is 493 g/mol. The van der Waals surface area contributed by atoms with Crippen molar-refractivity contribution in [2.45, 2.75) is 38.1 Å². The lowest BCUT2D eigenvalue weighted by atomic mass is 10.0. The summed E-state index contributed by atoms with van der Waals surface area (Å²) in [4.78, 5) is 30.6. The first-order chi connectivity index (χ1) is 18.0. The molecule has 6 nitrogen and oxygen atoms in total. The van der Waals surface area contributed by atoms with Gasteiger partial charge in [0.2, 0.25) is 5.91 Å². The van der Waals surface area contributed by atoms with E-state index < -0.39 is 12.1 Å². The number of urea groups is 1. The average molecular weight is 494 g/mol. The van der Waals surface area contributed by atoms with E-state index in [2.05, 4.69) is 17.4 Å². The van der Waals surface area contributed by atoms with E-state index in [1.165, 1.54) is 0 Å². The number of hydrogen-bond acceptors (Lipinski definition) is 3. The van der Waals surface area contributed by atoms with Crippen molar-refractivity contribution in [1.29, 1.82) is 0 Å². The smallest absolute Gasteiger partial charge is 0.321 e. The molecule has 1 fully saturated rings. The van der Waals surface area contributed by atoms with E-state index in [0.717, 1.165) is 27.5 Å². The Labute approximate surface area is 217 Å². The van der Waals surface area contributed by atoms with Crippen molar-refractivity contribution >= 4 is 22.7 Å². The second kappa shape index (κ2) is 10.8. The standard InChI is InChI=1S/C31H31N3O3/c1-22(26-17-16-25-14-8-9-15-27(25)18-26)32-30(36)29-28(21-35)33(19-23-10-4-2-5-11-23)31(37)34(29)20-24-12-6-3-7-13-24/h2-18,22,28-29,35H,19-21H2,1H3,(H,32,36). The number of fused-ring (bicyclic) bond motifs is 1. The first-order valence-corrected chi connectivity index (χ1v) is 12.6. The molecule has 6 heteroatoms. The molecule has 1 heterocycles. The van der Waals surface area contributed by atoms with Crippen molar-refractivity contribution in [2.75, 3.05) is 6.61 Å². The number of hydrogen-bond donors (Lipinski definition) is 2. The third-order valence-corrected chi connectivity index (χ3v) is 7.07. The summed E-state index contributed by atoms with van der Waals surface area (Å²) in [5.74, 6) is -0.278. The number of nitrogens with one attached hydrogen (secondary N) is 1. The molecule has 0 bridgehead atoms. The van der Waals surface area contributed by atoms with E-state index in [-0.39, 0.29) is 31.1 Å². The molecule has 1 aliphatic heterocycles. The number of carbonyl (C=O) groups is 2. The summed E-state index contributed by atoms with van der Waals surface area (Å²) in [6, 6.07) is 31.5. The van der Waals surface area contributed by atoms with Crippen molar-refractivity contribution in [3.8, 4) is 0 Å². The number of amides is 3. The van der Waals surface area contributed by atoms with E-state index in [4.69, 9.17) is 0 Å². The highest BCUT2D eigenvalue weighted by atomic mass is 16.3. The van der Waals surface area contributed by atoms with Crippen LogP contribution in [0.15, 0.2) is 103 Å². The fraction of sp³-hybridized carbons (Fsp3) is 0.226. The van der Waals surface area contributed by atoms with Crippen LogP contribution in [0.3, 0.4) is 0 Å². The second-order valence-corrected chi connectivity index (χ2v) is 9.54. The van der Waals surface area contributed by atoms with Gasteiger partial charge >= 0.3 is 6.03 Å². The van der Waals surface area contributed by atoms with Crippen molar-refractivity contribution in [1.82, 2.24) is 15.1 Å². The van der Waals surface area contributed by atoms with E-state index in [9.17, 15) is 14.7 Å². The van der Waals surface area contributed by atoms with Gasteiger partial charge in [0, 0.05) is 13.1 Å². The fourth-order valence-corrected chi connectivity index (χ4v) is 5.09. The summed E-state index contributed by atoms with van der Waals surface area (Å²) in [5, 5.41) is 15.8. The summed E-state index contributed by atoms with van der Waals surface area (Å²) in [7, 11) is 0. The maximum Gasteiger partial charge on any atom is 0.321 e. The quantitative estimate of drug-likeness (QED) is 0.367. The highest BCUT2D eigenvalue weighted by molar-refractivity contribution is 5.92. The first-order valence-electron chi connectivity index (χ1n) is 12.6. The Morgan fingerprint density at radius 2 is 1.38 bits per heavy atom. The van der Waals surface area contributed by atoms with E-state index in [1.54, 1.807) is 9.80 Å². The minimum atomic E-state index is -0.829. The Morgan fingerprint density at radius 1 is 0.811 bits per heavy atom. The van der Waals surface area contributed by atoms with Gasteiger partial charge in [-0.15, -0.1) is 0 Å². The SMILES string of the molecule is CC(NC(=O)C1C(CO)N(Cc2ccccc2)C(=O)N1Cc1ccccc1)c1ccc2ccccc2c1. The van der Waals surface area contributed by atoms with E-state index in [1.807, 2.05) is 97.9 Å². The molecule has 3 unspecified atom stereocenters. The summed E-state index contributed by atoms with van der Waals surface area (Å²) in [5.41, 5.74) is 2.85. The average Bonchev–Trinajstić information content (AvgIpc) is 3.19. The third kappa shape index (κ3) is 5.20. The molecule has 1 aliphatic rings. The molecule has 0 saturated carbocycles. The Kier molecular flexibility index (Phi) is 7.19. The molecule has 0 spiro atoms. The van der Waals surface area contributed by atoms with Gasteiger partial charge in [0.05, 0.1) is 18.7 Å². The lowest BCUT2D eigenvalue weighted by Gasteiger charge is -2.27. The molecular formula is C31H31N3O3. The van der Waals surface area contributed by atoms with Gasteiger partial charge in [-0.25, -0.2) is 4.79 Å². The van der Waals surface area contributed by atoms with Crippen LogP contribution in [-0.2, 0) is 17.9 Å². The lowest BCUT2D eigenvalue weighted by Crippen LogP contribution is -2.50. The van der Waals surface area contributed by atoms with Gasteiger partial charge in [-0.2, -0.15) is 0 Å². The van der Waals surface area contributed by atoms with Crippen LogP contribution in [0.1, 0.15) is 29.7 Å². The molecule has 1 saturated heterocycles. The van der Waals surface area contributed by atoms with Crippen molar-refractivity contribution < 1.29 is 14.7 Å². The molecule has 188 valence electrons. The summed E-state index contributed by atoms with van der Waals surface area (Å²) < 4.78 is 0. The van der Waals surface area contributed by atoms with Crippen LogP contribution in [0.4, 0.5) is 4.79 Å². The van der Waals surface area contributed by atoms with Crippen LogP contribution >= 0.6 is 0 Å². The highest BCUT2D eigenvalue weighted by Crippen LogP contribution is 2.28.